The fraction of sp³-hybridized carbons (Fsp3) is 0.211. The Balaban J connectivity index is 0.000000103. The van der Waals surface area contributed by atoms with Crippen LogP contribution in [-0.2, 0) is 4.74 Å². The predicted molar refractivity (Wildman–Crippen MR) is 544 cm³/mol. The van der Waals surface area contributed by atoms with E-state index in [4.69, 9.17) is 39.1 Å². The van der Waals surface area contributed by atoms with Crippen LogP contribution in [0.3, 0.4) is 0 Å². The van der Waals surface area contributed by atoms with Crippen LogP contribution >= 0.6 is 68.4 Å². The Morgan fingerprint density at radius 1 is 0.273 bits per heavy atom. The first-order valence-corrected chi connectivity index (χ1v) is 50.9. The van der Waals surface area contributed by atoms with Crippen LogP contribution in [0.5, 0.6) is 0 Å². The molecule has 28 rings (SSSR count). The Bertz CT molecular complexity index is 7850. The van der Waals surface area contributed by atoms with E-state index in [0.29, 0.717) is 29.1 Å². The maximum absolute atomic E-state index is 6.94. The normalized spacial score (nSPS) is 20.9. The van der Waals surface area contributed by atoms with Crippen molar-refractivity contribution < 1.29 is 9.15 Å². The number of furan rings is 1. The van der Waals surface area contributed by atoms with E-state index in [1.54, 1.807) is 11.3 Å². The summed E-state index contributed by atoms with van der Waals surface area (Å²) in [5.74, 6) is 6.47. The maximum atomic E-state index is 6.94. The predicted octanol–water partition coefficient (Wildman–Crippen LogP) is 33.2. The summed E-state index contributed by atoms with van der Waals surface area (Å²) in [6.07, 6.45) is 19.4. The van der Waals surface area contributed by atoms with Gasteiger partial charge in [-0.1, -0.05) is 275 Å². The van der Waals surface area contributed by atoms with Crippen LogP contribution < -0.4 is 0 Å². The number of aromatic nitrogens is 6. The first kappa shape index (κ1) is 77.4. The Labute approximate surface area is 765 Å². The van der Waals surface area contributed by atoms with Gasteiger partial charge in [-0.25, -0.2) is 29.9 Å². The van der Waals surface area contributed by atoms with E-state index >= 15 is 0 Å². The molecule has 0 spiro atoms. The largest absolute Gasteiger partial charge is 0.455 e. The Hall–Kier alpha value is -11.7. The summed E-state index contributed by atoms with van der Waals surface area (Å²) in [6.45, 7) is 0. The molecule has 4 saturated carbocycles. The van der Waals surface area contributed by atoms with Crippen LogP contribution in [0.2, 0.25) is 0 Å². The lowest BCUT2D eigenvalue weighted by molar-refractivity contribution is -0.00589. The average Bonchev–Trinajstić information content (AvgIpc) is 1.57. The standard InChI is InChI=1S/C46H28N2S2.C34H30N2O2S.C34H30N2S3/c1-2-11-29(12-3-1)30-23-25-31(26-24-30)32-13-8-14-33(27-32)34-15-9-16-35(28-34)43-45-44(37-18-5-7-21-40(37)50-45)48-46(47-43)38-19-10-22-41-42(38)36-17-4-6-20-39(36)49-41;2*1-4-16-26-19(9-1)21-12-7-14-24(31(21)37-26)30-33-29(23-11-3-6-18-28(23)39-33)35-34(36-30)25-15-8-13-22-20-10-2-5-17-27(20)38-32(22)25/h1-28H;2*2-3,5-6,8,10-11,13,15,17-19,21,24,26,31H,1,4,7,9,12,14,16H2. The highest BCUT2D eigenvalue weighted by molar-refractivity contribution is 8.00. The molecule has 9 aromatic heterocycles. The van der Waals surface area contributed by atoms with Gasteiger partial charge in [0, 0.05) is 120 Å². The molecule has 0 N–H and O–H groups in total. The van der Waals surface area contributed by atoms with Gasteiger partial charge in [0.05, 0.1) is 65.5 Å². The summed E-state index contributed by atoms with van der Waals surface area (Å²) < 4.78 is 26.1. The van der Waals surface area contributed by atoms with E-state index in [0.717, 1.165) is 118 Å². The molecule has 10 unspecified atom stereocenters. The number of nitrogens with zero attached hydrogens (tertiary/aromatic N) is 6. The Kier molecular flexibility index (Phi) is 19.5. The zero-order chi connectivity index (χ0) is 84.0. The molecule has 8 nitrogen and oxygen atoms in total. The minimum atomic E-state index is 0.269. The van der Waals surface area contributed by atoms with E-state index in [9.17, 15) is 0 Å². The van der Waals surface area contributed by atoms with Crippen molar-refractivity contribution in [3.8, 4) is 78.8 Å². The number of hydrogen-bond acceptors (Lipinski definition) is 14. The number of benzene rings is 13. The minimum absolute atomic E-state index is 0.269. The molecule has 0 amide bonds. The van der Waals surface area contributed by atoms with Crippen LogP contribution in [0.15, 0.2) is 308 Å². The van der Waals surface area contributed by atoms with Gasteiger partial charge in [-0.2, -0.15) is 11.8 Å². The number of para-hydroxylation sites is 2. The summed E-state index contributed by atoms with van der Waals surface area (Å²) in [7, 11) is 0. The van der Waals surface area contributed by atoms with E-state index in [1.165, 1.54) is 208 Å². The van der Waals surface area contributed by atoms with E-state index < -0.39 is 0 Å². The van der Waals surface area contributed by atoms with Gasteiger partial charge < -0.3 is 9.15 Å². The number of hydrogen-bond donors (Lipinski definition) is 0. The molecule has 6 aliphatic rings. The highest BCUT2D eigenvalue weighted by atomic mass is 32.2. The molecular weight excluding hydrogens is 1680 g/mol. The fourth-order valence-corrected chi connectivity index (χ4v) is 31.3. The van der Waals surface area contributed by atoms with Crippen molar-refractivity contribution in [3.05, 3.63) is 315 Å². The van der Waals surface area contributed by atoms with Crippen molar-refractivity contribution in [3.63, 3.8) is 0 Å². The highest BCUT2D eigenvalue weighted by Crippen LogP contribution is 2.61. The minimum Gasteiger partial charge on any atom is -0.455 e. The third-order valence-electron chi connectivity index (χ3n) is 29.0. The van der Waals surface area contributed by atoms with Gasteiger partial charge in [-0.15, -0.1) is 56.7 Å². The molecule has 6 fully saturated rings. The molecule has 11 heterocycles. The van der Waals surface area contributed by atoms with Crippen LogP contribution in [0.1, 0.15) is 113 Å². The first-order valence-electron chi connectivity index (χ1n) is 45.9. The summed E-state index contributed by atoms with van der Waals surface area (Å²) in [6, 6.07) is 108. The quantitative estimate of drug-likeness (QED) is 0.140. The number of thioether (sulfide) groups is 1. The zero-order valence-electron chi connectivity index (χ0n) is 70.5. The van der Waals surface area contributed by atoms with Crippen molar-refractivity contribution in [1.82, 2.24) is 29.9 Å². The number of fused-ring (bicyclic) bond motifs is 24. The SMILES string of the molecule is c1ccc(-c2ccc(-c3cccc(-c4cccc(-c5nc(-c6cccc7sc8ccccc8c67)nc6c5sc5ccccc56)c4)c3)cc2)cc1.c1ccc2c(c1)oc1c(-c3nc(C4CCCC5C6CCCCC6OC45)c4sc5ccccc5c4n3)cccc12.c1ccc2c(c1)sc1c(-c3nc(C4CCCC5C6CCCCC6SC45)c4sc5ccccc5c4n3)cccc12. The molecule has 0 bridgehead atoms. The first-order chi connectivity index (χ1) is 63.4. The van der Waals surface area contributed by atoms with Gasteiger partial charge in [0.1, 0.15) is 11.2 Å². The summed E-state index contributed by atoms with van der Waals surface area (Å²) in [5.41, 5.74) is 20.0. The summed E-state index contributed by atoms with van der Waals surface area (Å²) >= 11 is 11.6. The molecule has 2 aliphatic heterocycles. The molecule has 13 aromatic carbocycles. The number of rotatable bonds is 9. The second kappa shape index (κ2) is 32.2. The Morgan fingerprint density at radius 3 is 1.44 bits per heavy atom. The van der Waals surface area contributed by atoms with Crippen LogP contribution in [-0.4, -0.2) is 52.6 Å². The topological polar surface area (TPSA) is 99.7 Å². The van der Waals surface area contributed by atoms with Crippen molar-refractivity contribution >= 4 is 192 Å². The molecule has 22 aromatic rings. The van der Waals surface area contributed by atoms with E-state index in [-0.39, 0.29) is 6.10 Å². The van der Waals surface area contributed by atoms with Crippen LogP contribution in [0.25, 0.3) is 202 Å². The molecule has 14 heteroatoms. The van der Waals surface area contributed by atoms with Crippen LogP contribution in [0, 0.1) is 23.7 Å². The van der Waals surface area contributed by atoms with Gasteiger partial charge in [-0.05, 0) is 175 Å². The number of ether oxygens (including phenoxy) is 1. The molecule has 10 atom stereocenters. The van der Waals surface area contributed by atoms with Gasteiger partial charge in [0.15, 0.2) is 17.5 Å². The molecule has 622 valence electrons. The smallest absolute Gasteiger partial charge is 0.163 e. The number of thiophene rings is 5. The third-order valence-corrected chi connectivity index (χ3v) is 36.8. The van der Waals surface area contributed by atoms with Gasteiger partial charge >= 0.3 is 0 Å². The maximum Gasteiger partial charge on any atom is 0.163 e. The summed E-state index contributed by atoms with van der Waals surface area (Å²) in [4.78, 5) is 32.4. The Morgan fingerprint density at radius 2 is 0.727 bits per heavy atom. The molecule has 2 saturated heterocycles. The molecule has 128 heavy (non-hydrogen) atoms. The van der Waals surface area contributed by atoms with Crippen molar-refractivity contribution in [1.29, 1.82) is 0 Å². The van der Waals surface area contributed by atoms with E-state index in [1.807, 2.05) is 57.5 Å². The van der Waals surface area contributed by atoms with Gasteiger partial charge in [0.2, 0.25) is 0 Å². The molecule has 0 radical (unpaired) electrons. The second-order valence-corrected chi connectivity index (χ2v) is 42.8. The summed E-state index contributed by atoms with van der Waals surface area (Å²) in [5, 5.41) is 12.6. The van der Waals surface area contributed by atoms with E-state index in [2.05, 4.69) is 303 Å². The lowest BCUT2D eigenvalue weighted by Crippen LogP contribution is -2.32. The monoisotopic (exact) mass is 1760 g/mol. The highest BCUT2D eigenvalue weighted by Gasteiger charge is 2.52. The molecule has 4 aliphatic carbocycles. The van der Waals surface area contributed by atoms with Gasteiger partial charge in [-0.3, -0.25) is 0 Å². The zero-order valence-corrected chi connectivity index (χ0v) is 75.4. The lowest BCUT2D eigenvalue weighted by atomic mass is 9.69. The molecular formula is C114H88N6O2S6. The van der Waals surface area contributed by atoms with Crippen molar-refractivity contribution in [2.45, 2.75) is 124 Å². The third kappa shape index (κ3) is 13.3. The average molecular weight is 1770 g/mol. The van der Waals surface area contributed by atoms with Crippen LogP contribution in [0.4, 0.5) is 0 Å². The second-order valence-electron chi connectivity index (χ2n) is 36.1. The fourth-order valence-electron chi connectivity index (χ4n) is 23.2. The van der Waals surface area contributed by atoms with Crippen molar-refractivity contribution in [2.24, 2.45) is 23.7 Å². The lowest BCUT2D eigenvalue weighted by Gasteiger charge is -2.36. The van der Waals surface area contributed by atoms with Crippen molar-refractivity contribution in [2.75, 3.05) is 0 Å². The van der Waals surface area contributed by atoms with Gasteiger partial charge in [0.25, 0.3) is 0 Å².